The molecule has 5 nitrogen and oxygen atoms in total. The summed E-state index contributed by atoms with van der Waals surface area (Å²) in [5, 5.41) is 6.10. The molecule has 0 spiro atoms. The third-order valence-corrected chi connectivity index (χ3v) is 2.59. The van der Waals surface area contributed by atoms with E-state index in [1.165, 1.54) is 12.4 Å². The van der Waals surface area contributed by atoms with Crippen molar-refractivity contribution in [3.05, 3.63) is 18.2 Å². The predicted molar refractivity (Wildman–Crippen MR) is 66.6 cm³/mol. The van der Waals surface area contributed by atoms with Crippen molar-refractivity contribution in [2.45, 2.75) is 39.4 Å². The lowest BCUT2D eigenvalue weighted by Gasteiger charge is -2.16. The molecule has 0 aliphatic carbocycles. The fourth-order valence-electron chi connectivity index (χ4n) is 1.35. The highest BCUT2D eigenvalue weighted by Gasteiger charge is 2.11. The summed E-state index contributed by atoms with van der Waals surface area (Å²) >= 11 is 0. The van der Waals surface area contributed by atoms with E-state index in [-0.39, 0.29) is 18.4 Å². The Morgan fingerprint density at radius 3 is 2.83 bits per heavy atom. The third kappa shape index (κ3) is 3.97. The van der Waals surface area contributed by atoms with Gasteiger partial charge in [0.15, 0.2) is 5.96 Å². The van der Waals surface area contributed by atoms with E-state index < -0.39 is 6.55 Å². The zero-order valence-electron chi connectivity index (χ0n) is 10.8. The second-order valence-electron chi connectivity index (χ2n) is 3.91. The maximum atomic E-state index is 12.6. The molecule has 18 heavy (non-hydrogen) atoms. The van der Waals surface area contributed by atoms with Crippen molar-refractivity contribution in [2.75, 3.05) is 7.05 Å². The van der Waals surface area contributed by atoms with Crippen LogP contribution in [0.25, 0.3) is 0 Å². The molecule has 1 atom stereocenters. The highest BCUT2D eigenvalue weighted by molar-refractivity contribution is 5.79. The first-order chi connectivity index (χ1) is 8.58. The van der Waals surface area contributed by atoms with Crippen LogP contribution in [0.3, 0.4) is 0 Å². The quantitative estimate of drug-likeness (QED) is 0.625. The normalized spacial score (nSPS) is 13.8. The van der Waals surface area contributed by atoms with Gasteiger partial charge in [-0.05, 0) is 13.3 Å². The van der Waals surface area contributed by atoms with Crippen LogP contribution in [0, 0.1) is 0 Å². The van der Waals surface area contributed by atoms with Crippen molar-refractivity contribution in [1.29, 1.82) is 0 Å². The third-order valence-electron chi connectivity index (χ3n) is 2.59. The van der Waals surface area contributed by atoms with Crippen molar-refractivity contribution < 1.29 is 8.78 Å². The van der Waals surface area contributed by atoms with Crippen LogP contribution in [0.2, 0.25) is 0 Å². The van der Waals surface area contributed by atoms with E-state index >= 15 is 0 Å². The number of imidazole rings is 1. The van der Waals surface area contributed by atoms with E-state index in [1.807, 2.05) is 6.92 Å². The maximum Gasteiger partial charge on any atom is 0.319 e. The van der Waals surface area contributed by atoms with Crippen LogP contribution < -0.4 is 10.6 Å². The van der Waals surface area contributed by atoms with Gasteiger partial charge in [0, 0.05) is 25.5 Å². The van der Waals surface area contributed by atoms with Gasteiger partial charge in [0.25, 0.3) is 0 Å². The Balaban J connectivity index is 2.55. The average Bonchev–Trinajstić information content (AvgIpc) is 2.82. The molecular weight excluding hydrogens is 240 g/mol. The van der Waals surface area contributed by atoms with E-state index in [0.717, 1.165) is 11.0 Å². The second-order valence-corrected chi connectivity index (χ2v) is 3.91. The number of nitrogens with zero attached hydrogens (tertiary/aromatic N) is 3. The lowest BCUT2D eigenvalue weighted by molar-refractivity contribution is 0.0668. The topological polar surface area (TPSA) is 54.2 Å². The number of halogens is 2. The van der Waals surface area contributed by atoms with Crippen LogP contribution in [-0.2, 0) is 6.54 Å². The Labute approximate surface area is 105 Å². The van der Waals surface area contributed by atoms with Gasteiger partial charge < -0.3 is 10.6 Å². The van der Waals surface area contributed by atoms with Gasteiger partial charge in [-0.3, -0.25) is 9.56 Å². The summed E-state index contributed by atoms with van der Waals surface area (Å²) < 4.78 is 26.0. The Morgan fingerprint density at radius 2 is 2.28 bits per heavy atom. The summed E-state index contributed by atoms with van der Waals surface area (Å²) in [5.74, 6) is 0.852. The Hall–Kier alpha value is -1.66. The van der Waals surface area contributed by atoms with Crippen LogP contribution >= 0.6 is 0 Å². The van der Waals surface area contributed by atoms with Crippen molar-refractivity contribution in [3.63, 3.8) is 0 Å². The summed E-state index contributed by atoms with van der Waals surface area (Å²) in [7, 11) is 1.64. The minimum Gasteiger partial charge on any atom is -0.354 e. The van der Waals surface area contributed by atoms with Crippen molar-refractivity contribution in [2.24, 2.45) is 4.99 Å². The van der Waals surface area contributed by atoms with Crippen molar-refractivity contribution >= 4 is 5.96 Å². The van der Waals surface area contributed by atoms with Gasteiger partial charge in [-0.25, -0.2) is 4.98 Å². The summed E-state index contributed by atoms with van der Waals surface area (Å²) in [6.45, 7) is 1.70. The lowest BCUT2D eigenvalue weighted by Crippen LogP contribution is -2.41. The lowest BCUT2D eigenvalue weighted by atomic mass is 10.3. The molecule has 0 amide bonds. The van der Waals surface area contributed by atoms with Crippen LogP contribution in [0.5, 0.6) is 0 Å². The first-order valence-electron chi connectivity index (χ1n) is 5.85. The summed E-state index contributed by atoms with van der Waals surface area (Å²) in [5.41, 5.74) is 0. The Morgan fingerprint density at radius 1 is 1.56 bits per heavy atom. The molecule has 0 fully saturated rings. The molecule has 0 saturated carbocycles. The molecule has 0 aromatic carbocycles. The number of alkyl halides is 2. The van der Waals surface area contributed by atoms with Gasteiger partial charge >= 0.3 is 6.55 Å². The van der Waals surface area contributed by atoms with Crippen molar-refractivity contribution in [1.82, 2.24) is 20.2 Å². The van der Waals surface area contributed by atoms with Crippen LogP contribution in [0.4, 0.5) is 8.78 Å². The highest BCUT2D eigenvalue weighted by atomic mass is 19.3. The first-order valence-corrected chi connectivity index (χ1v) is 5.85. The Bertz CT molecular complexity index is 389. The summed E-state index contributed by atoms with van der Waals surface area (Å²) in [6.07, 6.45) is 3.56. The first kappa shape index (κ1) is 14.4. The van der Waals surface area contributed by atoms with Crippen LogP contribution in [-0.4, -0.2) is 28.6 Å². The molecule has 0 radical (unpaired) electrons. The molecule has 0 bridgehead atoms. The zero-order valence-corrected chi connectivity index (χ0v) is 10.8. The van der Waals surface area contributed by atoms with E-state index in [2.05, 4.69) is 27.5 Å². The minimum absolute atomic E-state index is 0.202. The summed E-state index contributed by atoms with van der Waals surface area (Å²) in [4.78, 5) is 7.90. The molecule has 1 aromatic heterocycles. The molecular formula is C11H19F2N5. The number of aliphatic imine (C=N–C) groups is 1. The number of guanidine groups is 1. The highest BCUT2D eigenvalue weighted by Crippen LogP contribution is 2.11. The largest absolute Gasteiger partial charge is 0.354 e. The van der Waals surface area contributed by atoms with Crippen LogP contribution in [0.1, 0.15) is 32.6 Å². The van der Waals surface area contributed by atoms with Gasteiger partial charge in [-0.2, -0.15) is 8.78 Å². The smallest absolute Gasteiger partial charge is 0.319 e. The number of rotatable bonds is 5. The standard InChI is InChI=1S/C11H19F2N5/c1-4-8(2)17-11(14-3)16-7-9-15-5-6-18(9)10(12)13/h5-6,8,10H,4,7H2,1-3H3,(H2,14,16,17). The van der Waals surface area contributed by atoms with Gasteiger partial charge in [0.1, 0.15) is 5.82 Å². The molecule has 0 aliphatic heterocycles. The van der Waals surface area contributed by atoms with E-state index in [1.54, 1.807) is 7.05 Å². The maximum absolute atomic E-state index is 12.6. The SMILES string of the molecule is CCC(C)NC(=NC)NCc1nccn1C(F)F. The van der Waals surface area contributed by atoms with E-state index in [0.29, 0.717) is 5.96 Å². The monoisotopic (exact) mass is 259 g/mol. The van der Waals surface area contributed by atoms with E-state index in [4.69, 9.17) is 0 Å². The number of aromatic nitrogens is 2. The molecule has 1 aromatic rings. The van der Waals surface area contributed by atoms with Gasteiger partial charge in [-0.15, -0.1) is 0 Å². The number of hydrogen-bond acceptors (Lipinski definition) is 2. The predicted octanol–water partition coefficient (Wildman–Crippen LogP) is 1.74. The van der Waals surface area contributed by atoms with Crippen molar-refractivity contribution in [3.8, 4) is 0 Å². The second kappa shape index (κ2) is 6.93. The van der Waals surface area contributed by atoms with Gasteiger partial charge in [0.2, 0.25) is 0 Å². The molecule has 0 aliphatic rings. The fraction of sp³-hybridized carbons (Fsp3) is 0.636. The molecule has 1 heterocycles. The molecule has 2 N–H and O–H groups in total. The number of nitrogens with one attached hydrogen (secondary N) is 2. The van der Waals surface area contributed by atoms with Gasteiger partial charge in [0.05, 0.1) is 6.54 Å². The van der Waals surface area contributed by atoms with Crippen LogP contribution in [0.15, 0.2) is 17.4 Å². The molecule has 102 valence electrons. The zero-order chi connectivity index (χ0) is 13.5. The molecule has 1 rings (SSSR count). The number of hydrogen-bond donors (Lipinski definition) is 2. The fourth-order valence-corrected chi connectivity index (χ4v) is 1.35. The van der Waals surface area contributed by atoms with Gasteiger partial charge in [-0.1, -0.05) is 6.92 Å². The molecule has 7 heteroatoms. The molecule has 1 unspecified atom stereocenters. The Kier molecular flexibility index (Phi) is 5.54. The average molecular weight is 259 g/mol. The van der Waals surface area contributed by atoms with E-state index in [9.17, 15) is 8.78 Å². The molecule has 0 saturated heterocycles. The minimum atomic E-state index is -2.58. The summed E-state index contributed by atoms with van der Waals surface area (Å²) in [6, 6.07) is 0.269.